The summed E-state index contributed by atoms with van der Waals surface area (Å²) in [5, 5.41) is 11.6. The van der Waals surface area contributed by atoms with Gasteiger partial charge in [-0.15, -0.1) is 0 Å². The summed E-state index contributed by atoms with van der Waals surface area (Å²) in [6, 6.07) is 0. The van der Waals surface area contributed by atoms with Gasteiger partial charge in [-0.05, 0) is 44.2 Å². The van der Waals surface area contributed by atoms with Crippen LogP contribution in [0.2, 0.25) is 0 Å². The molecule has 3 aromatic rings. The van der Waals surface area contributed by atoms with E-state index in [0.717, 1.165) is 54.8 Å². The maximum Gasteiger partial charge on any atom is 0.263 e. The van der Waals surface area contributed by atoms with Crippen LogP contribution in [0.25, 0.3) is 11.4 Å². The molecule has 1 fully saturated rings. The normalized spacial score (nSPS) is 14.7. The molecule has 0 saturated heterocycles. The Morgan fingerprint density at radius 2 is 2.03 bits per heavy atom. The number of hydrogen-bond acceptors (Lipinski definition) is 8. The van der Waals surface area contributed by atoms with Crippen LogP contribution in [0.3, 0.4) is 0 Å². The van der Waals surface area contributed by atoms with Crippen LogP contribution in [0.4, 0.5) is 5.95 Å². The third-order valence-electron chi connectivity index (χ3n) is 5.71. The minimum atomic E-state index is 0.275. The van der Waals surface area contributed by atoms with Gasteiger partial charge in [-0.2, -0.15) is 10.1 Å². The molecule has 0 radical (unpaired) electrons. The number of anilines is 1. The molecule has 1 N–H and O–H groups in total. The molecule has 31 heavy (non-hydrogen) atoms. The summed E-state index contributed by atoms with van der Waals surface area (Å²) < 4.78 is 13.3. The average molecular weight is 426 g/mol. The Morgan fingerprint density at radius 1 is 1.19 bits per heavy atom. The molecule has 0 spiro atoms. The van der Waals surface area contributed by atoms with E-state index < -0.39 is 0 Å². The predicted octanol–water partition coefficient (Wildman–Crippen LogP) is 4.23. The summed E-state index contributed by atoms with van der Waals surface area (Å²) in [7, 11) is 1.90. The summed E-state index contributed by atoms with van der Waals surface area (Å²) in [4.78, 5) is 13.7. The summed E-state index contributed by atoms with van der Waals surface area (Å²) in [6.45, 7) is 4.59. The van der Waals surface area contributed by atoms with Crippen molar-refractivity contribution in [3.8, 4) is 17.1 Å². The molecule has 9 nitrogen and oxygen atoms in total. The van der Waals surface area contributed by atoms with Gasteiger partial charge in [-0.25, -0.2) is 9.97 Å². The van der Waals surface area contributed by atoms with Gasteiger partial charge in [0.15, 0.2) is 11.6 Å². The topological polar surface area (TPSA) is 104 Å². The van der Waals surface area contributed by atoms with Gasteiger partial charge < -0.3 is 14.6 Å². The number of nitrogens with zero attached hydrogens (tertiary/aromatic N) is 6. The highest BCUT2D eigenvalue weighted by Crippen LogP contribution is 2.27. The highest BCUT2D eigenvalue weighted by atomic mass is 16.5. The van der Waals surface area contributed by atoms with Crippen molar-refractivity contribution in [3.63, 3.8) is 0 Å². The second-order valence-electron chi connectivity index (χ2n) is 8.12. The first kappa shape index (κ1) is 21.3. The van der Waals surface area contributed by atoms with Crippen LogP contribution in [0, 0.1) is 6.92 Å². The molecular weight excluding hydrogens is 394 g/mol. The average Bonchev–Trinajstić information content (AvgIpc) is 3.39. The molecule has 1 aliphatic rings. The summed E-state index contributed by atoms with van der Waals surface area (Å²) >= 11 is 0. The minimum absolute atomic E-state index is 0.275. The number of ether oxygens (including phenoxy) is 1. The molecule has 0 aliphatic heterocycles. The lowest BCUT2D eigenvalue weighted by Crippen LogP contribution is -2.20. The van der Waals surface area contributed by atoms with Gasteiger partial charge in [0.25, 0.3) is 5.95 Å². The molecule has 3 aromatic heterocycles. The zero-order valence-electron chi connectivity index (χ0n) is 18.6. The lowest BCUT2D eigenvalue weighted by molar-refractivity contribution is 0.152. The van der Waals surface area contributed by atoms with Crippen molar-refractivity contribution in [1.82, 2.24) is 29.9 Å². The number of aryl methyl sites for hydroxylation is 3. The quantitative estimate of drug-likeness (QED) is 0.543. The van der Waals surface area contributed by atoms with E-state index in [-0.39, 0.29) is 6.10 Å². The van der Waals surface area contributed by atoms with Gasteiger partial charge in [0.05, 0.1) is 42.0 Å². The molecule has 166 valence electrons. The summed E-state index contributed by atoms with van der Waals surface area (Å²) in [6.07, 6.45) is 12.7. The van der Waals surface area contributed by atoms with Crippen LogP contribution in [0.1, 0.15) is 69.1 Å². The van der Waals surface area contributed by atoms with E-state index in [0.29, 0.717) is 24.2 Å². The first-order valence-electron chi connectivity index (χ1n) is 11.2. The van der Waals surface area contributed by atoms with Gasteiger partial charge in [-0.3, -0.25) is 4.68 Å². The SMILES string of the molecule is CCCCc1nc(NCc2c(-c3ncc(OC4CCCCC4)c(C)n3)cnn2C)no1. The third-order valence-corrected chi connectivity index (χ3v) is 5.71. The van der Waals surface area contributed by atoms with Crippen LogP contribution in [-0.2, 0) is 20.0 Å². The second-order valence-corrected chi connectivity index (χ2v) is 8.12. The molecule has 4 rings (SSSR count). The number of hydrogen-bond donors (Lipinski definition) is 1. The van der Waals surface area contributed by atoms with E-state index in [4.69, 9.17) is 14.2 Å². The molecule has 1 aliphatic carbocycles. The smallest absolute Gasteiger partial charge is 0.263 e. The molecule has 0 aromatic carbocycles. The first-order valence-corrected chi connectivity index (χ1v) is 11.2. The van der Waals surface area contributed by atoms with E-state index in [9.17, 15) is 0 Å². The maximum absolute atomic E-state index is 6.16. The van der Waals surface area contributed by atoms with Gasteiger partial charge in [0.1, 0.15) is 0 Å². The minimum Gasteiger partial charge on any atom is -0.487 e. The van der Waals surface area contributed by atoms with Crippen molar-refractivity contribution in [3.05, 3.63) is 29.7 Å². The molecular formula is C22H31N7O2. The van der Waals surface area contributed by atoms with E-state index in [2.05, 4.69) is 32.5 Å². The van der Waals surface area contributed by atoms with Crippen LogP contribution >= 0.6 is 0 Å². The third kappa shape index (κ3) is 5.21. The van der Waals surface area contributed by atoms with Crippen molar-refractivity contribution >= 4 is 5.95 Å². The Bertz CT molecular complexity index is 992. The highest BCUT2D eigenvalue weighted by molar-refractivity contribution is 5.58. The van der Waals surface area contributed by atoms with Crippen LogP contribution < -0.4 is 10.1 Å². The predicted molar refractivity (Wildman–Crippen MR) is 117 cm³/mol. The van der Waals surface area contributed by atoms with Gasteiger partial charge in [0.2, 0.25) is 5.89 Å². The van der Waals surface area contributed by atoms with Gasteiger partial charge in [0, 0.05) is 13.5 Å². The fourth-order valence-electron chi connectivity index (χ4n) is 3.84. The van der Waals surface area contributed by atoms with Crippen molar-refractivity contribution < 1.29 is 9.26 Å². The van der Waals surface area contributed by atoms with E-state index in [1.54, 1.807) is 12.4 Å². The van der Waals surface area contributed by atoms with Crippen LogP contribution in [0.15, 0.2) is 16.9 Å². The van der Waals surface area contributed by atoms with Crippen LogP contribution in [-0.4, -0.2) is 36.0 Å². The maximum atomic E-state index is 6.16. The van der Waals surface area contributed by atoms with E-state index in [1.165, 1.54) is 19.3 Å². The second kappa shape index (κ2) is 9.89. The van der Waals surface area contributed by atoms with Crippen molar-refractivity contribution in [1.29, 1.82) is 0 Å². The number of rotatable bonds is 9. The van der Waals surface area contributed by atoms with Gasteiger partial charge >= 0.3 is 0 Å². The molecule has 9 heteroatoms. The Balaban J connectivity index is 1.45. The molecule has 0 bridgehead atoms. The van der Waals surface area contributed by atoms with Crippen molar-refractivity contribution in [2.75, 3.05) is 5.32 Å². The Kier molecular flexibility index (Phi) is 6.79. The fraction of sp³-hybridized carbons (Fsp3) is 0.591. The molecule has 0 unspecified atom stereocenters. The zero-order chi connectivity index (χ0) is 21.6. The Morgan fingerprint density at radius 3 is 2.81 bits per heavy atom. The number of aromatic nitrogens is 6. The molecule has 0 atom stereocenters. The Labute approximate surface area is 182 Å². The lowest BCUT2D eigenvalue weighted by Gasteiger charge is -2.23. The molecule has 3 heterocycles. The molecule has 0 amide bonds. The number of unbranched alkanes of at least 4 members (excludes halogenated alkanes) is 1. The standard InChI is InChI=1S/C22H31N7O2/c1-4-5-11-20-27-22(28-31-20)24-13-18-17(12-25-29(18)3)21-23-14-19(15(2)26-21)30-16-9-7-6-8-10-16/h12,14,16H,4-11,13H2,1-3H3,(H,24,28). The number of nitrogens with one attached hydrogen (secondary N) is 1. The summed E-state index contributed by atoms with van der Waals surface area (Å²) in [5.74, 6) is 2.54. The van der Waals surface area contributed by atoms with Gasteiger partial charge in [-0.1, -0.05) is 19.8 Å². The van der Waals surface area contributed by atoms with Crippen molar-refractivity contribution in [2.45, 2.75) is 77.9 Å². The van der Waals surface area contributed by atoms with Crippen molar-refractivity contribution in [2.24, 2.45) is 7.05 Å². The van der Waals surface area contributed by atoms with Crippen LogP contribution in [0.5, 0.6) is 5.75 Å². The van der Waals surface area contributed by atoms with E-state index in [1.807, 2.05) is 18.7 Å². The highest BCUT2D eigenvalue weighted by Gasteiger charge is 2.19. The zero-order valence-corrected chi connectivity index (χ0v) is 18.6. The Hall–Kier alpha value is -2.97. The fourth-order valence-corrected chi connectivity index (χ4v) is 3.84. The summed E-state index contributed by atoms with van der Waals surface area (Å²) in [5.41, 5.74) is 2.66. The lowest BCUT2D eigenvalue weighted by atomic mass is 9.98. The monoisotopic (exact) mass is 425 g/mol. The molecule has 1 saturated carbocycles. The largest absolute Gasteiger partial charge is 0.487 e. The first-order chi connectivity index (χ1) is 15.1. The van der Waals surface area contributed by atoms with E-state index >= 15 is 0 Å².